The summed E-state index contributed by atoms with van der Waals surface area (Å²) in [4.78, 5) is 38.4. The normalized spacial score (nSPS) is 17.4. The molecule has 1 heterocycles. The van der Waals surface area contributed by atoms with Crippen LogP contribution in [0.4, 0.5) is 0 Å². The van der Waals surface area contributed by atoms with Crippen molar-refractivity contribution in [2.75, 3.05) is 12.4 Å². The molecule has 0 radical (unpaired) electrons. The maximum atomic E-state index is 11.4. The second kappa shape index (κ2) is 6.61. The van der Waals surface area contributed by atoms with E-state index in [1.165, 1.54) is 11.8 Å². The lowest BCUT2D eigenvalue weighted by molar-refractivity contribution is -0.195. The zero-order chi connectivity index (χ0) is 12.8. The van der Waals surface area contributed by atoms with E-state index in [0.717, 1.165) is 0 Å². The van der Waals surface area contributed by atoms with Crippen LogP contribution in [-0.2, 0) is 24.0 Å². The number of hydrogen-bond donors (Lipinski definition) is 0. The van der Waals surface area contributed by atoms with Gasteiger partial charge in [0.1, 0.15) is 5.44 Å². The third-order valence-corrected chi connectivity index (χ3v) is 3.04. The highest BCUT2D eigenvalue weighted by Crippen LogP contribution is 2.15. The minimum Gasteiger partial charge on any atom is -0.368 e. The van der Waals surface area contributed by atoms with Gasteiger partial charge in [-0.1, -0.05) is 0 Å². The summed E-state index contributed by atoms with van der Waals surface area (Å²) in [5.41, 5.74) is -0.127. The summed E-state index contributed by atoms with van der Waals surface area (Å²) >= 11 is 1.25. The summed E-state index contributed by atoms with van der Waals surface area (Å²) in [7, 11) is 0. The van der Waals surface area contributed by atoms with Gasteiger partial charge in [-0.05, 0) is 13.8 Å². The summed E-state index contributed by atoms with van der Waals surface area (Å²) in [6.45, 7) is 4.23. The molecule has 0 spiro atoms. The van der Waals surface area contributed by atoms with Crippen LogP contribution < -0.4 is 0 Å². The second-order valence-corrected chi connectivity index (χ2v) is 4.66. The summed E-state index contributed by atoms with van der Waals surface area (Å²) < 4.78 is 5.21. The van der Waals surface area contributed by atoms with E-state index in [-0.39, 0.29) is 24.0 Å². The molecule has 0 aromatic heterocycles. The fourth-order valence-electron chi connectivity index (χ4n) is 1.25. The van der Waals surface area contributed by atoms with Crippen LogP contribution in [0.25, 0.3) is 0 Å². The van der Waals surface area contributed by atoms with Crippen molar-refractivity contribution in [2.24, 2.45) is 0 Å². The predicted molar refractivity (Wildman–Crippen MR) is 60.7 cm³/mol. The first-order chi connectivity index (χ1) is 8.04. The molecule has 1 rings (SSSR count). The highest BCUT2D eigenvalue weighted by Gasteiger charge is 2.32. The Kier molecular flexibility index (Phi) is 5.43. The van der Waals surface area contributed by atoms with Gasteiger partial charge in [0.25, 0.3) is 11.8 Å². The number of carbonyl (C=O) groups excluding carboxylic acids is 3. The number of ether oxygens (including phenoxy) is 1. The highest BCUT2D eigenvalue weighted by atomic mass is 32.2. The van der Waals surface area contributed by atoms with Crippen LogP contribution in [0.2, 0.25) is 0 Å². The third kappa shape index (κ3) is 4.35. The molecule has 0 saturated carbocycles. The zero-order valence-corrected chi connectivity index (χ0v) is 10.6. The predicted octanol–water partition coefficient (Wildman–Crippen LogP) is 0.709. The van der Waals surface area contributed by atoms with Gasteiger partial charge in [-0.2, -0.15) is 0 Å². The van der Waals surface area contributed by atoms with Gasteiger partial charge in [-0.3, -0.25) is 9.59 Å². The zero-order valence-electron chi connectivity index (χ0n) is 9.80. The number of carbonyl (C=O) groups is 3. The smallest absolute Gasteiger partial charge is 0.343 e. The van der Waals surface area contributed by atoms with Crippen LogP contribution >= 0.6 is 11.8 Å². The molecule has 0 N–H and O–H groups in total. The lowest BCUT2D eigenvalue weighted by Gasteiger charge is -2.14. The van der Waals surface area contributed by atoms with E-state index in [0.29, 0.717) is 11.7 Å². The summed E-state index contributed by atoms with van der Waals surface area (Å²) in [6.07, 6.45) is 0.212. The van der Waals surface area contributed by atoms with Crippen LogP contribution in [0.15, 0.2) is 0 Å². The molecular formula is C10H15NO5S. The Balaban J connectivity index is 2.29. The monoisotopic (exact) mass is 261 g/mol. The molecule has 1 aliphatic heterocycles. The molecule has 0 bridgehead atoms. The Bertz CT molecular complexity index is 304. The van der Waals surface area contributed by atoms with Gasteiger partial charge in [-0.25, -0.2) is 4.79 Å². The van der Waals surface area contributed by atoms with E-state index in [1.54, 1.807) is 0 Å². The highest BCUT2D eigenvalue weighted by molar-refractivity contribution is 8.00. The average molecular weight is 261 g/mol. The van der Waals surface area contributed by atoms with E-state index in [9.17, 15) is 14.4 Å². The largest absolute Gasteiger partial charge is 0.368 e. The van der Waals surface area contributed by atoms with Gasteiger partial charge in [0.15, 0.2) is 0 Å². The van der Waals surface area contributed by atoms with Crippen LogP contribution in [0, 0.1) is 0 Å². The van der Waals surface area contributed by atoms with Crippen LogP contribution in [0.1, 0.15) is 26.7 Å². The standard InChI is InChI=1S/C10H15NO5S/c1-3-15-7(2)17-6-10(14)16-11-8(12)4-5-9(11)13/h7H,3-6H2,1-2H3/t7-/m0/s1. The van der Waals surface area contributed by atoms with Gasteiger partial charge in [0, 0.05) is 19.4 Å². The van der Waals surface area contributed by atoms with Crippen molar-refractivity contribution in [3.05, 3.63) is 0 Å². The molecule has 1 aliphatic rings. The summed E-state index contributed by atoms with van der Waals surface area (Å²) in [5.74, 6) is -1.51. The molecule has 7 heteroatoms. The van der Waals surface area contributed by atoms with Crippen molar-refractivity contribution in [3.8, 4) is 0 Å². The number of rotatable bonds is 6. The first-order valence-electron chi connectivity index (χ1n) is 5.34. The first-order valence-corrected chi connectivity index (χ1v) is 6.39. The fourth-order valence-corrected chi connectivity index (χ4v) is 1.91. The molecule has 2 amide bonds. The Morgan fingerprint density at radius 3 is 2.53 bits per heavy atom. The Hall–Kier alpha value is -1.08. The van der Waals surface area contributed by atoms with Gasteiger partial charge < -0.3 is 9.57 Å². The van der Waals surface area contributed by atoms with Crippen molar-refractivity contribution >= 4 is 29.5 Å². The van der Waals surface area contributed by atoms with Crippen LogP contribution in [0.3, 0.4) is 0 Å². The number of amides is 2. The molecule has 0 aromatic carbocycles. The number of hydroxylamine groups is 2. The molecular weight excluding hydrogens is 246 g/mol. The van der Waals surface area contributed by atoms with Crippen molar-refractivity contribution in [1.29, 1.82) is 0 Å². The van der Waals surface area contributed by atoms with E-state index in [1.807, 2.05) is 13.8 Å². The van der Waals surface area contributed by atoms with Crippen molar-refractivity contribution in [2.45, 2.75) is 32.1 Å². The Morgan fingerprint density at radius 1 is 1.41 bits per heavy atom. The van der Waals surface area contributed by atoms with Crippen molar-refractivity contribution in [1.82, 2.24) is 5.06 Å². The van der Waals surface area contributed by atoms with E-state index in [2.05, 4.69) is 4.84 Å². The van der Waals surface area contributed by atoms with E-state index < -0.39 is 17.8 Å². The number of hydrogen-bond acceptors (Lipinski definition) is 6. The SMILES string of the molecule is CCO[C@H](C)SCC(=O)ON1C(=O)CCC1=O. The summed E-state index contributed by atoms with van der Waals surface area (Å²) in [6, 6.07) is 0. The average Bonchev–Trinajstić information content (AvgIpc) is 2.58. The molecule has 1 atom stereocenters. The summed E-state index contributed by atoms with van der Waals surface area (Å²) in [5, 5.41) is 0.550. The number of nitrogens with zero attached hydrogens (tertiary/aromatic N) is 1. The molecule has 0 aliphatic carbocycles. The molecule has 0 unspecified atom stereocenters. The van der Waals surface area contributed by atoms with Crippen LogP contribution in [0.5, 0.6) is 0 Å². The topological polar surface area (TPSA) is 72.9 Å². The molecule has 0 aromatic rings. The van der Waals surface area contributed by atoms with E-state index >= 15 is 0 Å². The molecule has 96 valence electrons. The van der Waals surface area contributed by atoms with Crippen LogP contribution in [-0.4, -0.2) is 40.6 Å². The lowest BCUT2D eigenvalue weighted by atomic mass is 10.4. The van der Waals surface area contributed by atoms with Crippen molar-refractivity contribution < 1.29 is 24.0 Å². The minimum atomic E-state index is -0.620. The molecule has 1 saturated heterocycles. The van der Waals surface area contributed by atoms with E-state index in [4.69, 9.17) is 4.74 Å². The van der Waals surface area contributed by atoms with Crippen molar-refractivity contribution in [3.63, 3.8) is 0 Å². The Morgan fingerprint density at radius 2 is 2.00 bits per heavy atom. The third-order valence-electron chi connectivity index (χ3n) is 2.04. The number of thioether (sulfide) groups is 1. The van der Waals surface area contributed by atoms with Gasteiger partial charge in [-0.15, -0.1) is 16.8 Å². The first kappa shape index (κ1) is 14.0. The molecule has 6 nitrogen and oxygen atoms in total. The Labute approximate surface area is 104 Å². The lowest BCUT2D eigenvalue weighted by Crippen LogP contribution is -2.32. The van der Waals surface area contributed by atoms with Gasteiger partial charge >= 0.3 is 5.97 Å². The second-order valence-electron chi connectivity index (χ2n) is 3.38. The molecule has 1 fully saturated rings. The van der Waals surface area contributed by atoms with Gasteiger partial charge in [0.05, 0.1) is 5.75 Å². The minimum absolute atomic E-state index is 0.0399. The maximum absolute atomic E-state index is 11.4. The quantitative estimate of drug-likeness (QED) is 0.518. The fraction of sp³-hybridized carbons (Fsp3) is 0.700. The van der Waals surface area contributed by atoms with Gasteiger partial charge in [0.2, 0.25) is 0 Å². The molecule has 17 heavy (non-hydrogen) atoms. The number of imide groups is 1. The maximum Gasteiger partial charge on any atom is 0.343 e.